The van der Waals surface area contributed by atoms with Crippen LogP contribution in [0.5, 0.6) is 0 Å². The number of hydrogen-bond acceptors (Lipinski definition) is 4. The third-order valence-electron chi connectivity index (χ3n) is 4.79. The molecule has 5 heteroatoms. The lowest BCUT2D eigenvalue weighted by Crippen LogP contribution is -2.30. The number of rotatable bonds is 11. The van der Waals surface area contributed by atoms with Gasteiger partial charge in [0.1, 0.15) is 0 Å². The van der Waals surface area contributed by atoms with Gasteiger partial charge in [-0.05, 0) is 38.3 Å². The molecule has 0 fully saturated rings. The summed E-state index contributed by atoms with van der Waals surface area (Å²) >= 11 is 0. The van der Waals surface area contributed by atoms with Gasteiger partial charge in [0.15, 0.2) is 0 Å². The van der Waals surface area contributed by atoms with Crippen LogP contribution in [0.2, 0.25) is 0 Å². The fourth-order valence-corrected chi connectivity index (χ4v) is 3.08. The summed E-state index contributed by atoms with van der Waals surface area (Å²) in [6.45, 7) is 17.2. The molecule has 0 amide bonds. The lowest BCUT2D eigenvalue weighted by molar-refractivity contribution is 0.292. The van der Waals surface area contributed by atoms with Gasteiger partial charge in [-0.25, -0.2) is 4.98 Å². The van der Waals surface area contributed by atoms with E-state index >= 15 is 0 Å². The molecule has 24 heavy (non-hydrogen) atoms. The number of benzene rings is 1. The number of anilines is 1. The molecule has 0 spiro atoms. The van der Waals surface area contributed by atoms with E-state index in [1.807, 2.05) is 0 Å². The van der Waals surface area contributed by atoms with Gasteiger partial charge in [-0.2, -0.15) is 0 Å². The minimum Gasteiger partial charge on any atom is -0.354 e. The molecule has 0 bridgehead atoms. The Labute approximate surface area is 146 Å². The molecule has 0 saturated carbocycles. The summed E-state index contributed by atoms with van der Waals surface area (Å²) in [6.07, 6.45) is 0. The van der Waals surface area contributed by atoms with Gasteiger partial charge >= 0.3 is 0 Å². The summed E-state index contributed by atoms with van der Waals surface area (Å²) in [7, 11) is 0. The number of likely N-dealkylation sites (N-methyl/N-ethyl adjacent to an activating group) is 2. The molecule has 1 aromatic heterocycles. The molecule has 0 saturated heterocycles. The molecule has 0 aliphatic heterocycles. The first-order valence-corrected chi connectivity index (χ1v) is 9.37. The van der Waals surface area contributed by atoms with Crippen molar-refractivity contribution in [2.75, 3.05) is 51.1 Å². The molecule has 1 aromatic carbocycles. The highest BCUT2D eigenvalue weighted by molar-refractivity contribution is 5.78. The maximum atomic E-state index is 4.81. The van der Waals surface area contributed by atoms with Gasteiger partial charge in [0.2, 0.25) is 5.95 Å². The summed E-state index contributed by atoms with van der Waals surface area (Å²) in [5, 5.41) is 3.55. The number of hydrogen-bond donors (Lipinski definition) is 1. The molecule has 1 N–H and O–H groups in total. The Morgan fingerprint density at radius 3 is 2.21 bits per heavy atom. The van der Waals surface area contributed by atoms with Gasteiger partial charge in [-0.3, -0.25) is 0 Å². The minimum atomic E-state index is 0.927. The number of imidazole rings is 1. The molecular weight excluding hydrogens is 298 g/mol. The first-order chi connectivity index (χ1) is 11.7. The Morgan fingerprint density at radius 1 is 0.917 bits per heavy atom. The molecule has 5 nitrogen and oxygen atoms in total. The molecule has 2 rings (SSSR count). The van der Waals surface area contributed by atoms with Crippen molar-refractivity contribution in [3.63, 3.8) is 0 Å². The van der Waals surface area contributed by atoms with E-state index in [1.54, 1.807) is 0 Å². The van der Waals surface area contributed by atoms with E-state index in [9.17, 15) is 0 Å². The minimum absolute atomic E-state index is 0.927. The maximum Gasteiger partial charge on any atom is 0.203 e. The van der Waals surface area contributed by atoms with E-state index in [1.165, 1.54) is 5.52 Å². The molecule has 2 aromatic rings. The van der Waals surface area contributed by atoms with Crippen molar-refractivity contribution in [3.05, 3.63) is 24.3 Å². The zero-order valence-corrected chi connectivity index (χ0v) is 15.8. The summed E-state index contributed by atoms with van der Waals surface area (Å²) in [5.74, 6) is 0.996. The number of aromatic nitrogens is 2. The van der Waals surface area contributed by atoms with Crippen LogP contribution in [-0.4, -0.2) is 65.2 Å². The van der Waals surface area contributed by atoms with E-state index in [-0.39, 0.29) is 0 Å². The number of fused-ring (bicyclic) bond motifs is 1. The Hall–Kier alpha value is -1.59. The summed E-state index contributed by atoms with van der Waals surface area (Å²) < 4.78 is 2.33. The van der Waals surface area contributed by atoms with Crippen molar-refractivity contribution in [3.8, 4) is 0 Å². The monoisotopic (exact) mass is 331 g/mol. The lowest BCUT2D eigenvalue weighted by atomic mass is 10.3. The lowest BCUT2D eigenvalue weighted by Gasteiger charge is -2.20. The molecule has 134 valence electrons. The van der Waals surface area contributed by atoms with E-state index in [4.69, 9.17) is 4.98 Å². The highest BCUT2D eigenvalue weighted by Gasteiger charge is 2.11. The van der Waals surface area contributed by atoms with Gasteiger partial charge in [-0.15, -0.1) is 0 Å². The average Bonchev–Trinajstić information content (AvgIpc) is 2.97. The van der Waals surface area contributed by atoms with E-state index in [0.29, 0.717) is 0 Å². The Bertz CT molecular complexity index is 599. The molecular formula is C19H33N5. The van der Waals surface area contributed by atoms with E-state index < -0.39 is 0 Å². The van der Waals surface area contributed by atoms with Gasteiger partial charge < -0.3 is 19.7 Å². The molecule has 1 heterocycles. The second-order valence-corrected chi connectivity index (χ2v) is 6.06. The molecule has 0 aliphatic rings. The number of para-hydroxylation sites is 2. The Morgan fingerprint density at radius 2 is 1.54 bits per heavy atom. The van der Waals surface area contributed by atoms with Crippen molar-refractivity contribution in [1.29, 1.82) is 0 Å². The topological polar surface area (TPSA) is 36.3 Å². The fourth-order valence-electron chi connectivity index (χ4n) is 3.08. The summed E-state index contributed by atoms with van der Waals surface area (Å²) in [4.78, 5) is 9.68. The SMILES string of the molecule is CCN(CC)CCNc1nc2ccccc2n1CCN(CC)CC. The van der Waals surface area contributed by atoms with Crippen molar-refractivity contribution in [2.45, 2.75) is 34.2 Å². The zero-order valence-electron chi connectivity index (χ0n) is 15.8. The van der Waals surface area contributed by atoms with Crippen molar-refractivity contribution in [2.24, 2.45) is 0 Å². The third-order valence-corrected chi connectivity index (χ3v) is 4.79. The van der Waals surface area contributed by atoms with Crippen LogP contribution in [0.1, 0.15) is 27.7 Å². The quantitative estimate of drug-likeness (QED) is 0.686. The molecule has 0 unspecified atom stereocenters. The van der Waals surface area contributed by atoms with Crippen LogP contribution in [-0.2, 0) is 6.54 Å². The van der Waals surface area contributed by atoms with Gasteiger partial charge in [0.05, 0.1) is 11.0 Å². The molecule has 0 aliphatic carbocycles. The van der Waals surface area contributed by atoms with Crippen LogP contribution in [0, 0.1) is 0 Å². The van der Waals surface area contributed by atoms with Gasteiger partial charge in [0, 0.05) is 26.2 Å². The van der Waals surface area contributed by atoms with Crippen molar-refractivity contribution >= 4 is 17.0 Å². The highest BCUT2D eigenvalue weighted by Crippen LogP contribution is 2.19. The fraction of sp³-hybridized carbons (Fsp3) is 0.632. The number of nitrogens with zero attached hydrogens (tertiary/aromatic N) is 4. The van der Waals surface area contributed by atoms with Crippen LogP contribution in [0.4, 0.5) is 5.95 Å². The van der Waals surface area contributed by atoms with Crippen molar-refractivity contribution < 1.29 is 0 Å². The van der Waals surface area contributed by atoms with E-state index in [2.05, 4.69) is 71.6 Å². The van der Waals surface area contributed by atoms with Crippen molar-refractivity contribution in [1.82, 2.24) is 19.4 Å². The summed E-state index contributed by atoms with van der Waals surface area (Å²) in [6, 6.07) is 8.42. The number of nitrogens with one attached hydrogen (secondary N) is 1. The zero-order chi connectivity index (χ0) is 17.4. The second-order valence-electron chi connectivity index (χ2n) is 6.06. The second kappa shape index (κ2) is 9.64. The van der Waals surface area contributed by atoms with Crippen LogP contribution in [0.25, 0.3) is 11.0 Å². The van der Waals surface area contributed by atoms with E-state index in [0.717, 1.165) is 63.8 Å². The largest absolute Gasteiger partial charge is 0.354 e. The first kappa shape index (κ1) is 18.7. The van der Waals surface area contributed by atoms with Gasteiger partial charge in [0.25, 0.3) is 0 Å². The van der Waals surface area contributed by atoms with Crippen LogP contribution in [0.15, 0.2) is 24.3 Å². The maximum absolute atomic E-state index is 4.81. The standard InChI is InChI=1S/C19H33N5/c1-5-22(6-2)14-13-20-19-21-17-11-9-10-12-18(17)24(19)16-15-23(7-3)8-4/h9-12H,5-8,13-16H2,1-4H3,(H,20,21). The predicted octanol–water partition coefficient (Wildman–Crippen LogP) is 3.13. The normalized spacial score (nSPS) is 11.8. The first-order valence-electron chi connectivity index (χ1n) is 9.37. The molecule has 0 radical (unpaired) electrons. The smallest absolute Gasteiger partial charge is 0.203 e. The van der Waals surface area contributed by atoms with Crippen LogP contribution in [0.3, 0.4) is 0 Å². The third kappa shape index (κ3) is 4.71. The van der Waals surface area contributed by atoms with Crippen LogP contribution < -0.4 is 5.32 Å². The summed E-state index contributed by atoms with van der Waals surface area (Å²) in [5.41, 5.74) is 2.29. The highest BCUT2D eigenvalue weighted by atomic mass is 15.2. The Balaban J connectivity index is 2.11. The average molecular weight is 332 g/mol. The molecule has 0 atom stereocenters. The Kier molecular flexibility index (Phi) is 7.53. The van der Waals surface area contributed by atoms with Crippen LogP contribution >= 0.6 is 0 Å². The van der Waals surface area contributed by atoms with Gasteiger partial charge in [-0.1, -0.05) is 39.8 Å². The predicted molar refractivity (Wildman–Crippen MR) is 104 cm³/mol.